The number of carboxylic acid groups (broad SMARTS) is 1. The molecule has 2 aliphatic rings. The largest absolute Gasteiger partial charge is 0.481 e. The number of aliphatic carboxylic acids is 1. The first-order chi connectivity index (χ1) is 11.1. The van der Waals surface area contributed by atoms with Crippen LogP contribution in [0.25, 0.3) is 0 Å². The molecule has 0 bridgehead atoms. The predicted octanol–water partition coefficient (Wildman–Crippen LogP) is 2.86. The van der Waals surface area contributed by atoms with Gasteiger partial charge in [-0.05, 0) is 44.6 Å². The van der Waals surface area contributed by atoms with Crippen molar-refractivity contribution in [3.63, 3.8) is 0 Å². The predicted molar refractivity (Wildman–Crippen MR) is 85.3 cm³/mol. The maximum Gasteiger partial charge on any atom is 0.303 e. The second kappa shape index (κ2) is 7.15. The summed E-state index contributed by atoms with van der Waals surface area (Å²) >= 11 is 0. The third-order valence-electron chi connectivity index (χ3n) is 5.11. The summed E-state index contributed by atoms with van der Waals surface area (Å²) in [7, 11) is 0. The second-order valence-electron chi connectivity index (χ2n) is 6.70. The van der Waals surface area contributed by atoms with Crippen LogP contribution in [0.2, 0.25) is 0 Å². The first kappa shape index (κ1) is 16.0. The first-order valence-electron chi connectivity index (χ1n) is 8.73. The Kier molecular flexibility index (Phi) is 4.98. The molecule has 3 rings (SSSR count). The average Bonchev–Trinajstić information content (AvgIpc) is 3.23. The Bertz CT molecular complexity index is 563. The van der Waals surface area contributed by atoms with Crippen molar-refractivity contribution in [3.05, 3.63) is 18.0 Å². The molecule has 0 aromatic carbocycles. The van der Waals surface area contributed by atoms with Crippen LogP contribution in [0.1, 0.15) is 74.3 Å². The normalized spacial score (nSPS) is 22.4. The van der Waals surface area contributed by atoms with E-state index in [1.165, 1.54) is 12.8 Å². The molecule has 1 aromatic rings. The summed E-state index contributed by atoms with van der Waals surface area (Å²) in [4.78, 5) is 25.4. The maximum absolute atomic E-state index is 12.8. The van der Waals surface area contributed by atoms with Crippen molar-refractivity contribution in [1.82, 2.24) is 14.7 Å². The summed E-state index contributed by atoms with van der Waals surface area (Å²) in [6, 6.07) is 2.27. The van der Waals surface area contributed by atoms with Gasteiger partial charge in [-0.1, -0.05) is 12.8 Å². The lowest BCUT2D eigenvalue weighted by Crippen LogP contribution is -2.44. The Balaban J connectivity index is 1.68. The Morgan fingerprint density at radius 2 is 1.91 bits per heavy atom. The van der Waals surface area contributed by atoms with Crippen LogP contribution in [0.5, 0.6) is 0 Å². The van der Waals surface area contributed by atoms with Crippen molar-refractivity contribution in [3.8, 4) is 0 Å². The summed E-state index contributed by atoms with van der Waals surface area (Å²) in [5.74, 6) is -0.842. The van der Waals surface area contributed by atoms with Crippen molar-refractivity contribution >= 4 is 11.9 Å². The highest BCUT2D eigenvalue weighted by atomic mass is 16.4. The van der Waals surface area contributed by atoms with Gasteiger partial charge < -0.3 is 10.0 Å². The minimum Gasteiger partial charge on any atom is -0.481 e. The summed E-state index contributed by atoms with van der Waals surface area (Å²) in [5.41, 5.74) is 0.499. The molecule has 6 heteroatoms. The zero-order valence-corrected chi connectivity index (χ0v) is 13.5. The van der Waals surface area contributed by atoms with Crippen LogP contribution in [0, 0.1) is 0 Å². The summed E-state index contributed by atoms with van der Waals surface area (Å²) in [5, 5.41) is 13.4. The molecule has 2 heterocycles. The molecular formula is C17H25N3O3. The van der Waals surface area contributed by atoms with Gasteiger partial charge in [0.1, 0.15) is 5.69 Å². The van der Waals surface area contributed by atoms with E-state index in [1.54, 1.807) is 0 Å². The molecule has 1 saturated carbocycles. The molecule has 2 fully saturated rings. The van der Waals surface area contributed by atoms with E-state index in [2.05, 4.69) is 5.10 Å². The van der Waals surface area contributed by atoms with Gasteiger partial charge in [0, 0.05) is 25.2 Å². The van der Waals surface area contributed by atoms with Crippen LogP contribution < -0.4 is 0 Å². The summed E-state index contributed by atoms with van der Waals surface area (Å²) in [6.07, 6.45) is 10.2. The minimum absolute atomic E-state index is 0.0315. The number of amides is 1. The summed E-state index contributed by atoms with van der Waals surface area (Å²) < 4.78 is 1.94. The summed E-state index contributed by atoms with van der Waals surface area (Å²) in [6.45, 7) is 0.708. The van der Waals surface area contributed by atoms with Crippen LogP contribution in [0.4, 0.5) is 0 Å². The van der Waals surface area contributed by atoms with Gasteiger partial charge in [0.05, 0.1) is 6.04 Å². The Labute approximate surface area is 136 Å². The van der Waals surface area contributed by atoms with Crippen LogP contribution in [0.3, 0.4) is 0 Å². The van der Waals surface area contributed by atoms with E-state index in [-0.39, 0.29) is 18.4 Å². The quantitative estimate of drug-likeness (QED) is 0.905. The van der Waals surface area contributed by atoms with Crippen LogP contribution in [-0.4, -0.2) is 44.3 Å². The number of hydrogen-bond donors (Lipinski definition) is 1. The Hall–Kier alpha value is -1.85. The molecule has 0 radical (unpaired) electrons. The number of hydrogen-bond acceptors (Lipinski definition) is 3. The number of nitrogens with zero attached hydrogens (tertiary/aromatic N) is 3. The molecule has 1 aliphatic heterocycles. The van der Waals surface area contributed by atoms with Gasteiger partial charge in [-0.2, -0.15) is 5.10 Å². The Morgan fingerprint density at radius 3 is 2.65 bits per heavy atom. The minimum atomic E-state index is -0.798. The lowest BCUT2D eigenvalue weighted by Gasteiger charge is -2.35. The highest BCUT2D eigenvalue weighted by molar-refractivity contribution is 5.92. The molecule has 1 atom stereocenters. The SMILES string of the molecule is O=C(O)CC[C@@H]1CCCCN1C(=O)c1ccn(C2CCCC2)n1. The molecule has 126 valence electrons. The van der Waals surface area contributed by atoms with E-state index in [1.807, 2.05) is 21.8 Å². The highest BCUT2D eigenvalue weighted by Gasteiger charge is 2.29. The van der Waals surface area contributed by atoms with Gasteiger partial charge in [0.25, 0.3) is 5.91 Å². The van der Waals surface area contributed by atoms with Crippen LogP contribution in [0.15, 0.2) is 12.3 Å². The van der Waals surface area contributed by atoms with E-state index in [9.17, 15) is 9.59 Å². The van der Waals surface area contributed by atoms with Gasteiger partial charge in [-0.3, -0.25) is 14.3 Å². The van der Waals surface area contributed by atoms with Crippen molar-refractivity contribution in [2.45, 2.75) is 69.9 Å². The number of carbonyl (C=O) groups excluding carboxylic acids is 1. The molecule has 6 nitrogen and oxygen atoms in total. The smallest absolute Gasteiger partial charge is 0.303 e. The lowest BCUT2D eigenvalue weighted by atomic mass is 9.97. The standard InChI is InChI=1S/C17H25N3O3/c21-16(22)9-8-13-5-3-4-11-19(13)17(23)15-10-12-20(18-15)14-6-1-2-7-14/h10,12-14H,1-9,11H2,(H,21,22)/t13-/m0/s1. The monoisotopic (exact) mass is 319 g/mol. The van der Waals surface area contributed by atoms with E-state index in [4.69, 9.17) is 5.11 Å². The highest BCUT2D eigenvalue weighted by Crippen LogP contribution is 2.29. The van der Waals surface area contributed by atoms with E-state index >= 15 is 0 Å². The number of aromatic nitrogens is 2. The van der Waals surface area contributed by atoms with Crippen molar-refractivity contribution in [1.29, 1.82) is 0 Å². The third-order valence-corrected chi connectivity index (χ3v) is 5.11. The lowest BCUT2D eigenvalue weighted by molar-refractivity contribution is -0.137. The third kappa shape index (κ3) is 3.74. The van der Waals surface area contributed by atoms with Gasteiger partial charge >= 0.3 is 5.97 Å². The fraction of sp³-hybridized carbons (Fsp3) is 0.706. The van der Waals surface area contributed by atoms with E-state index < -0.39 is 5.97 Å². The second-order valence-corrected chi connectivity index (χ2v) is 6.70. The fourth-order valence-electron chi connectivity index (χ4n) is 3.83. The molecular weight excluding hydrogens is 294 g/mol. The van der Waals surface area contributed by atoms with Gasteiger partial charge in [0.15, 0.2) is 0 Å². The topological polar surface area (TPSA) is 75.4 Å². The number of carboxylic acids is 1. The Morgan fingerprint density at radius 1 is 1.17 bits per heavy atom. The number of rotatable bonds is 5. The first-order valence-corrected chi connectivity index (χ1v) is 8.73. The van der Waals surface area contributed by atoms with E-state index in [0.29, 0.717) is 24.7 Å². The van der Waals surface area contributed by atoms with Crippen molar-refractivity contribution in [2.24, 2.45) is 0 Å². The maximum atomic E-state index is 12.8. The number of likely N-dealkylation sites (tertiary alicyclic amines) is 1. The van der Waals surface area contributed by atoms with Gasteiger partial charge in [-0.25, -0.2) is 0 Å². The van der Waals surface area contributed by atoms with Crippen LogP contribution >= 0.6 is 0 Å². The number of carbonyl (C=O) groups is 2. The average molecular weight is 319 g/mol. The van der Waals surface area contributed by atoms with Crippen LogP contribution in [-0.2, 0) is 4.79 Å². The van der Waals surface area contributed by atoms with Crippen molar-refractivity contribution in [2.75, 3.05) is 6.54 Å². The molecule has 1 saturated heterocycles. The zero-order valence-electron chi connectivity index (χ0n) is 13.5. The number of piperidine rings is 1. The molecule has 1 N–H and O–H groups in total. The molecule has 1 amide bonds. The van der Waals surface area contributed by atoms with Crippen molar-refractivity contribution < 1.29 is 14.7 Å². The molecule has 1 aromatic heterocycles. The van der Waals surface area contributed by atoms with Gasteiger partial charge in [-0.15, -0.1) is 0 Å². The molecule has 1 aliphatic carbocycles. The molecule has 0 unspecified atom stereocenters. The fourth-order valence-corrected chi connectivity index (χ4v) is 3.83. The van der Waals surface area contributed by atoms with E-state index in [0.717, 1.165) is 32.1 Å². The molecule has 23 heavy (non-hydrogen) atoms. The molecule has 0 spiro atoms. The zero-order chi connectivity index (χ0) is 16.2. The van der Waals surface area contributed by atoms with Gasteiger partial charge in [0.2, 0.25) is 0 Å².